The van der Waals surface area contributed by atoms with Crippen LogP contribution in [-0.2, 0) is 4.79 Å². The molecular formula is C12H16N4O2. The lowest BCUT2D eigenvalue weighted by Crippen LogP contribution is -2.50. The molecule has 1 aromatic rings. The Balaban J connectivity index is 2.27. The van der Waals surface area contributed by atoms with Crippen molar-refractivity contribution in [1.82, 2.24) is 10.2 Å². The average molecular weight is 248 g/mol. The normalized spacial score (nSPS) is 15.2. The van der Waals surface area contributed by atoms with Crippen LogP contribution in [0.4, 0.5) is 5.69 Å². The molecule has 0 radical (unpaired) electrons. The molecule has 2 amide bonds. The van der Waals surface area contributed by atoms with Crippen molar-refractivity contribution in [2.45, 2.75) is 6.92 Å². The predicted molar refractivity (Wildman–Crippen MR) is 67.9 cm³/mol. The van der Waals surface area contributed by atoms with Gasteiger partial charge in [0.25, 0.3) is 5.91 Å². The van der Waals surface area contributed by atoms with E-state index in [1.807, 2.05) is 13.0 Å². The summed E-state index contributed by atoms with van der Waals surface area (Å²) in [6.45, 7) is 3.00. The summed E-state index contributed by atoms with van der Waals surface area (Å²) in [5.74, 6) is 5.08. The molecule has 0 aromatic heterocycles. The molecule has 1 heterocycles. The molecule has 18 heavy (non-hydrogen) atoms. The first-order valence-electron chi connectivity index (χ1n) is 5.75. The van der Waals surface area contributed by atoms with E-state index in [1.165, 1.54) is 4.90 Å². The molecule has 1 aromatic carbocycles. The van der Waals surface area contributed by atoms with Gasteiger partial charge in [-0.15, -0.1) is 0 Å². The highest BCUT2D eigenvalue weighted by molar-refractivity contribution is 6.01. The smallest absolute Gasteiger partial charge is 0.256 e. The predicted octanol–water partition coefficient (Wildman–Crippen LogP) is -0.147. The Labute approximate surface area is 105 Å². The van der Waals surface area contributed by atoms with Gasteiger partial charge in [-0.05, 0) is 19.1 Å². The van der Waals surface area contributed by atoms with Crippen LogP contribution in [0.25, 0.3) is 0 Å². The van der Waals surface area contributed by atoms with Crippen LogP contribution in [0.3, 0.4) is 0 Å². The zero-order valence-corrected chi connectivity index (χ0v) is 10.2. The van der Waals surface area contributed by atoms with Gasteiger partial charge < -0.3 is 15.6 Å². The summed E-state index contributed by atoms with van der Waals surface area (Å²) in [4.78, 5) is 25.1. The van der Waals surface area contributed by atoms with E-state index in [2.05, 4.69) is 10.7 Å². The molecule has 0 spiro atoms. The molecule has 0 bridgehead atoms. The number of nitrogens with one attached hydrogen (secondary N) is 2. The van der Waals surface area contributed by atoms with Crippen molar-refractivity contribution in [3.8, 4) is 0 Å². The number of carbonyl (C=O) groups excluding carboxylic acids is 2. The minimum atomic E-state index is -0.179. The van der Waals surface area contributed by atoms with Gasteiger partial charge in [-0.25, -0.2) is 0 Å². The Hall–Kier alpha value is -2.08. The second kappa shape index (κ2) is 5.05. The summed E-state index contributed by atoms with van der Waals surface area (Å²) >= 11 is 0. The Kier molecular flexibility index (Phi) is 3.47. The van der Waals surface area contributed by atoms with Crippen LogP contribution < -0.4 is 16.6 Å². The second-order valence-corrected chi connectivity index (χ2v) is 4.27. The minimum Gasteiger partial charge on any atom is -0.353 e. The Morgan fingerprint density at radius 1 is 1.50 bits per heavy atom. The number of nitrogens with two attached hydrogens (primary N) is 1. The van der Waals surface area contributed by atoms with Crippen molar-refractivity contribution in [2.75, 3.05) is 25.1 Å². The molecule has 0 aliphatic carbocycles. The summed E-state index contributed by atoms with van der Waals surface area (Å²) in [6.07, 6.45) is 0. The van der Waals surface area contributed by atoms with Gasteiger partial charge in [-0.3, -0.25) is 15.4 Å². The first-order valence-corrected chi connectivity index (χ1v) is 5.75. The van der Waals surface area contributed by atoms with E-state index in [9.17, 15) is 9.59 Å². The summed E-state index contributed by atoms with van der Waals surface area (Å²) in [6, 6.07) is 5.39. The summed E-state index contributed by atoms with van der Waals surface area (Å²) in [5.41, 5.74) is 4.54. The number of aryl methyl sites for hydroxylation is 1. The number of anilines is 1. The van der Waals surface area contributed by atoms with Gasteiger partial charge in [0, 0.05) is 13.1 Å². The van der Waals surface area contributed by atoms with E-state index in [-0.39, 0.29) is 18.4 Å². The molecule has 1 fully saturated rings. The van der Waals surface area contributed by atoms with Crippen molar-refractivity contribution in [3.63, 3.8) is 0 Å². The first-order chi connectivity index (χ1) is 8.61. The fourth-order valence-corrected chi connectivity index (χ4v) is 1.94. The number of amides is 2. The molecule has 1 aliphatic rings. The molecule has 0 saturated carbocycles. The summed E-state index contributed by atoms with van der Waals surface area (Å²) in [5, 5.41) is 2.69. The number of hydrazine groups is 1. The van der Waals surface area contributed by atoms with E-state index in [0.29, 0.717) is 24.3 Å². The lowest BCUT2D eigenvalue weighted by Gasteiger charge is -2.27. The number of hydrogen-bond acceptors (Lipinski definition) is 4. The van der Waals surface area contributed by atoms with Gasteiger partial charge in [0.1, 0.15) is 0 Å². The van der Waals surface area contributed by atoms with Crippen LogP contribution in [-0.4, -0.2) is 36.3 Å². The molecule has 1 aliphatic heterocycles. The third-order valence-corrected chi connectivity index (χ3v) is 2.89. The third-order valence-electron chi connectivity index (χ3n) is 2.89. The number of nitrogen functional groups attached to an aromatic ring is 1. The number of nitrogens with zero attached hydrogens (tertiary/aromatic N) is 1. The fourth-order valence-electron chi connectivity index (χ4n) is 1.94. The summed E-state index contributed by atoms with van der Waals surface area (Å²) < 4.78 is 0. The van der Waals surface area contributed by atoms with Crippen molar-refractivity contribution in [2.24, 2.45) is 5.84 Å². The molecule has 96 valence electrons. The zero-order valence-electron chi connectivity index (χ0n) is 10.2. The van der Waals surface area contributed by atoms with Crippen molar-refractivity contribution >= 4 is 17.5 Å². The molecule has 1 saturated heterocycles. The van der Waals surface area contributed by atoms with E-state index < -0.39 is 0 Å². The first kappa shape index (κ1) is 12.4. The van der Waals surface area contributed by atoms with Gasteiger partial charge in [-0.1, -0.05) is 11.6 Å². The van der Waals surface area contributed by atoms with Gasteiger partial charge in [0.05, 0.1) is 17.8 Å². The highest BCUT2D eigenvalue weighted by atomic mass is 16.2. The molecule has 6 heteroatoms. The van der Waals surface area contributed by atoms with Gasteiger partial charge in [0.2, 0.25) is 5.91 Å². The van der Waals surface area contributed by atoms with Crippen LogP contribution in [0.2, 0.25) is 0 Å². The van der Waals surface area contributed by atoms with E-state index in [1.54, 1.807) is 12.1 Å². The SMILES string of the molecule is Cc1ccc(NN)c(C(=O)N2CCNC(=O)C2)c1. The van der Waals surface area contributed by atoms with Crippen LogP contribution >= 0.6 is 0 Å². The fraction of sp³-hybridized carbons (Fsp3) is 0.333. The zero-order chi connectivity index (χ0) is 13.1. The molecule has 2 rings (SSSR count). The average Bonchev–Trinajstić information content (AvgIpc) is 2.38. The van der Waals surface area contributed by atoms with Crippen molar-refractivity contribution in [1.29, 1.82) is 0 Å². The van der Waals surface area contributed by atoms with Gasteiger partial charge in [0.15, 0.2) is 0 Å². The standard InChI is InChI=1S/C12H16N4O2/c1-8-2-3-10(15-13)9(6-8)12(18)16-5-4-14-11(17)7-16/h2-3,6,15H,4-5,7,13H2,1H3,(H,14,17). The maximum Gasteiger partial charge on any atom is 0.256 e. The topological polar surface area (TPSA) is 87.5 Å². The second-order valence-electron chi connectivity index (χ2n) is 4.27. The van der Waals surface area contributed by atoms with Crippen LogP contribution in [0.1, 0.15) is 15.9 Å². The molecule has 0 atom stereocenters. The van der Waals surface area contributed by atoms with Gasteiger partial charge >= 0.3 is 0 Å². The molecule has 0 unspecified atom stereocenters. The Morgan fingerprint density at radius 2 is 2.28 bits per heavy atom. The number of rotatable bonds is 2. The van der Waals surface area contributed by atoms with Gasteiger partial charge in [-0.2, -0.15) is 0 Å². The van der Waals surface area contributed by atoms with Crippen LogP contribution in [0.15, 0.2) is 18.2 Å². The molecule has 4 N–H and O–H groups in total. The highest BCUT2D eigenvalue weighted by Gasteiger charge is 2.23. The summed E-state index contributed by atoms with van der Waals surface area (Å²) in [7, 11) is 0. The third kappa shape index (κ3) is 2.43. The largest absolute Gasteiger partial charge is 0.353 e. The minimum absolute atomic E-state index is 0.0940. The monoisotopic (exact) mass is 248 g/mol. The molecule has 6 nitrogen and oxygen atoms in total. The van der Waals surface area contributed by atoms with Crippen molar-refractivity contribution in [3.05, 3.63) is 29.3 Å². The maximum atomic E-state index is 12.3. The molecular weight excluding hydrogens is 232 g/mol. The van der Waals surface area contributed by atoms with Crippen LogP contribution in [0.5, 0.6) is 0 Å². The van der Waals surface area contributed by atoms with Crippen molar-refractivity contribution < 1.29 is 9.59 Å². The highest BCUT2D eigenvalue weighted by Crippen LogP contribution is 2.18. The van der Waals surface area contributed by atoms with E-state index in [4.69, 9.17) is 5.84 Å². The van der Waals surface area contributed by atoms with Crippen LogP contribution in [0, 0.1) is 6.92 Å². The van der Waals surface area contributed by atoms with E-state index >= 15 is 0 Å². The van der Waals surface area contributed by atoms with E-state index in [0.717, 1.165) is 5.56 Å². The lowest BCUT2D eigenvalue weighted by atomic mass is 10.1. The Morgan fingerprint density at radius 3 is 2.94 bits per heavy atom. The lowest BCUT2D eigenvalue weighted by molar-refractivity contribution is -0.123. The quantitative estimate of drug-likeness (QED) is 0.502. The maximum absolute atomic E-state index is 12.3. The number of carbonyl (C=O) groups is 2. The number of hydrogen-bond donors (Lipinski definition) is 3. The number of benzene rings is 1. The Bertz CT molecular complexity index is 487. The number of piperazine rings is 1.